The van der Waals surface area contributed by atoms with Gasteiger partial charge in [-0.3, -0.25) is 23.7 Å². The highest BCUT2D eigenvalue weighted by molar-refractivity contribution is 7.52. The zero-order valence-corrected chi connectivity index (χ0v) is 24.4. The van der Waals surface area contributed by atoms with E-state index in [0.29, 0.717) is 58.5 Å². The van der Waals surface area contributed by atoms with Gasteiger partial charge in [-0.2, -0.15) is 8.78 Å². The van der Waals surface area contributed by atoms with Gasteiger partial charge in [-0.15, -0.1) is 0 Å². The lowest BCUT2D eigenvalue weighted by Crippen LogP contribution is -2.61. The van der Waals surface area contributed by atoms with Crippen LogP contribution in [0.15, 0.2) is 24.3 Å². The molecule has 43 heavy (non-hydrogen) atoms. The molecule has 0 bridgehead atoms. The molecule has 3 saturated heterocycles. The Balaban J connectivity index is 1.40. The van der Waals surface area contributed by atoms with Gasteiger partial charge in [0.25, 0.3) is 5.91 Å². The van der Waals surface area contributed by atoms with Crippen molar-refractivity contribution in [3.05, 3.63) is 35.5 Å². The molecule has 234 valence electrons. The molecule has 0 radical (unpaired) electrons. The number of carbonyl (C=O) groups is 4. The van der Waals surface area contributed by atoms with Gasteiger partial charge in [0.05, 0.1) is 6.61 Å². The molecule has 1 aromatic heterocycles. The first-order chi connectivity index (χ1) is 20.3. The van der Waals surface area contributed by atoms with Crippen LogP contribution in [0.25, 0.3) is 10.9 Å². The first-order valence-corrected chi connectivity index (χ1v) is 15.7. The number of aromatic amines is 1. The van der Waals surface area contributed by atoms with Gasteiger partial charge in [0, 0.05) is 62.2 Å². The normalized spacial score (nSPS) is 23.9. The molecule has 3 atom stereocenters. The molecule has 0 spiro atoms. The van der Waals surface area contributed by atoms with E-state index >= 15 is 0 Å². The maximum Gasteiger partial charge on any atom is 0.399 e. The number of alkyl halides is 2. The van der Waals surface area contributed by atoms with Gasteiger partial charge in [0.1, 0.15) is 17.8 Å². The smallest absolute Gasteiger partial charge is 0.380 e. The number of nitrogens with one attached hydrogen (secondary N) is 2. The summed E-state index contributed by atoms with van der Waals surface area (Å²) in [5.74, 6) is -1.70. The highest BCUT2D eigenvalue weighted by Crippen LogP contribution is 2.59. The second kappa shape index (κ2) is 11.9. The molecule has 4 heterocycles. The predicted molar refractivity (Wildman–Crippen MR) is 148 cm³/mol. The third-order valence-electron chi connectivity index (χ3n) is 8.34. The first kappa shape index (κ1) is 31.0. The summed E-state index contributed by atoms with van der Waals surface area (Å²) in [4.78, 5) is 78.9. The van der Waals surface area contributed by atoms with Crippen LogP contribution in [0.2, 0.25) is 0 Å². The second-order valence-corrected chi connectivity index (χ2v) is 12.8. The first-order valence-electron chi connectivity index (χ1n) is 14.1. The van der Waals surface area contributed by atoms with Crippen molar-refractivity contribution in [2.45, 2.75) is 56.4 Å². The summed E-state index contributed by atoms with van der Waals surface area (Å²) in [5.41, 5.74) is -5.19. The van der Waals surface area contributed by atoms with Gasteiger partial charge in [-0.1, -0.05) is 6.07 Å². The van der Waals surface area contributed by atoms with Crippen molar-refractivity contribution in [3.63, 3.8) is 0 Å². The molecule has 13 nitrogen and oxygen atoms in total. The van der Waals surface area contributed by atoms with Gasteiger partial charge in [-0.25, -0.2) is 0 Å². The summed E-state index contributed by atoms with van der Waals surface area (Å²) in [7, 11) is -5.80. The van der Waals surface area contributed by atoms with E-state index in [0.717, 1.165) is 12.1 Å². The Morgan fingerprint density at radius 3 is 2.56 bits per heavy atom. The minimum atomic E-state index is -5.80. The number of ether oxygens (including phenoxy) is 1. The van der Waals surface area contributed by atoms with Crippen molar-refractivity contribution in [1.82, 2.24) is 25.0 Å². The number of H-pyrrole nitrogens is 1. The molecular weight excluding hydrogens is 591 g/mol. The molecule has 16 heteroatoms. The number of fused-ring (bicyclic) bond motifs is 2. The Morgan fingerprint density at radius 2 is 1.84 bits per heavy atom. The number of nitrogens with zero attached hydrogens (tertiary/aromatic N) is 3. The maximum atomic E-state index is 14.3. The number of hydrogen-bond donors (Lipinski definition) is 4. The number of benzene rings is 1. The van der Waals surface area contributed by atoms with E-state index in [9.17, 15) is 32.5 Å². The molecule has 4 N–H and O–H groups in total. The van der Waals surface area contributed by atoms with Crippen molar-refractivity contribution in [3.8, 4) is 0 Å². The van der Waals surface area contributed by atoms with Crippen LogP contribution in [-0.2, 0) is 29.3 Å². The zero-order chi connectivity index (χ0) is 31.1. The number of hydrogen-bond acceptors (Lipinski definition) is 6. The fraction of sp³-hybridized carbons (Fsp3) is 0.556. The maximum absolute atomic E-state index is 14.3. The van der Waals surface area contributed by atoms with Gasteiger partial charge < -0.3 is 39.5 Å². The fourth-order valence-electron chi connectivity index (χ4n) is 6.03. The van der Waals surface area contributed by atoms with Gasteiger partial charge in [0.15, 0.2) is 0 Å². The summed E-state index contributed by atoms with van der Waals surface area (Å²) < 4.78 is 45.3. The van der Waals surface area contributed by atoms with Crippen molar-refractivity contribution in [2.75, 3.05) is 39.4 Å². The van der Waals surface area contributed by atoms with Crippen molar-refractivity contribution in [1.29, 1.82) is 0 Å². The number of rotatable bonds is 5. The third-order valence-corrected chi connectivity index (χ3v) is 9.33. The van der Waals surface area contributed by atoms with Crippen LogP contribution in [0.5, 0.6) is 0 Å². The minimum Gasteiger partial charge on any atom is -0.380 e. The van der Waals surface area contributed by atoms with Crippen LogP contribution in [0.4, 0.5) is 8.78 Å². The lowest BCUT2D eigenvalue weighted by Gasteiger charge is -2.39. The quantitative estimate of drug-likeness (QED) is 0.361. The molecular formula is C27H34F2N5O8P. The largest absolute Gasteiger partial charge is 0.399 e. The van der Waals surface area contributed by atoms with E-state index in [1.54, 1.807) is 9.80 Å². The van der Waals surface area contributed by atoms with Crippen molar-refractivity contribution in [2.24, 2.45) is 0 Å². The lowest BCUT2D eigenvalue weighted by atomic mass is 10.1. The summed E-state index contributed by atoms with van der Waals surface area (Å²) in [6.45, 7) is 3.47. The highest BCUT2D eigenvalue weighted by atomic mass is 31.2. The number of carbonyl (C=O) groups excluding carboxylic acids is 4. The van der Waals surface area contributed by atoms with Crippen LogP contribution in [0, 0.1) is 0 Å². The van der Waals surface area contributed by atoms with Crippen molar-refractivity contribution >= 4 is 42.1 Å². The average molecular weight is 626 g/mol. The number of halogens is 2. The highest BCUT2D eigenvalue weighted by Gasteiger charge is 2.50. The third kappa shape index (κ3) is 6.17. The van der Waals surface area contributed by atoms with Crippen LogP contribution >= 0.6 is 7.60 Å². The Bertz CT molecular complexity index is 1470. The van der Waals surface area contributed by atoms with Crippen LogP contribution in [0.3, 0.4) is 0 Å². The molecule has 0 aliphatic carbocycles. The zero-order valence-electron chi connectivity index (χ0n) is 23.5. The molecule has 0 saturated carbocycles. The Hall–Kier alpha value is -3.39. The molecule has 3 aliphatic rings. The van der Waals surface area contributed by atoms with E-state index < -0.39 is 42.7 Å². The Morgan fingerprint density at radius 1 is 1.07 bits per heavy atom. The molecule has 1 aromatic carbocycles. The minimum absolute atomic E-state index is 0.0916. The molecule has 0 unspecified atom stereocenters. The van der Waals surface area contributed by atoms with Gasteiger partial charge in [0.2, 0.25) is 17.7 Å². The van der Waals surface area contributed by atoms with E-state index in [1.165, 1.54) is 24.0 Å². The number of amides is 4. The molecule has 2 aromatic rings. The number of aromatic nitrogens is 1. The average Bonchev–Trinajstić information content (AvgIpc) is 3.46. The van der Waals surface area contributed by atoms with E-state index in [1.807, 2.05) is 0 Å². The lowest BCUT2D eigenvalue weighted by molar-refractivity contribution is -0.148. The summed E-state index contributed by atoms with van der Waals surface area (Å²) >= 11 is 0. The molecule has 3 fully saturated rings. The SMILES string of the molecule is CC(=O)N1CC[C@H]2CC[C@@H](C(=O)N3CCCOCC3)N2C(=O)[C@@H](NC(=O)c2cc3cc(C(F)(F)P(=O)(O)O)ccc3[nH]2)C1. The Labute approximate surface area is 245 Å². The van der Waals surface area contributed by atoms with Crippen LogP contribution in [0.1, 0.15) is 48.7 Å². The molecule has 3 aliphatic heterocycles. The van der Waals surface area contributed by atoms with Crippen LogP contribution < -0.4 is 5.32 Å². The topological polar surface area (TPSA) is 173 Å². The molecule has 5 rings (SSSR count). The fourth-order valence-corrected chi connectivity index (χ4v) is 6.51. The Kier molecular flexibility index (Phi) is 8.63. The van der Waals surface area contributed by atoms with Gasteiger partial charge in [-0.05, 0) is 43.9 Å². The second-order valence-electron chi connectivity index (χ2n) is 11.1. The standard InChI is InChI=1S/C27H34F2N5O8P/c1-16(35)33-9-7-19-4-6-23(26(38)32-8-2-11-42-12-10-32)34(19)25(37)22(15-33)31-24(36)21-14-17-13-18(3-5-20(17)30-21)27(28,29)43(39,40)41/h3,5,13-14,19,22-23,30H,2,4,6-12,15H2,1H3,(H,31,36)(H2,39,40,41)/t19-,22+,23+/m1/s1. The summed E-state index contributed by atoms with van der Waals surface area (Å²) in [5, 5.41) is 2.75. The predicted octanol–water partition coefficient (Wildman–Crippen LogP) is 1.35. The van der Waals surface area contributed by atoms with E-state index in [2.05, 4.69) is 10.3 Å². The van der Waals surface area contributed by atoms with Crippen molar-refractivity contribution < 1.29 is 47.0 Å². The van der Waals surface area contributed by atoms with Crippen LogP contribution in [-0.4, -0.2) is 111 Å². The van der Waals surface area contributed by atoms with Gasteiger partial charge >= 0.3 is 13.3 Å². The monoisotopic (exact) mass is 625 g/mol. The molecule has 4 amide bonds. The summed E-state index contributed by atoms with van der Waals surface area (Å²) in [6.07, 6.45) is 2.20. The van der Waals surface area contributed by atoms with E-state index in [-0.39, 0.29) is 41.0 Å². The summed E-state index contributed by atoms with van der Waals surface area (Å²) in [6, 6.07) is 1.92. The van der Waals surface area contributed by atoms with E-state index in [4.69, 9.17) is 14.5 Å².